The zero-order chi connectivity index (χ0) is 11.8. The van der Waals surface area contributed by atoms with Crippen molar-refractivity contribution in [3.05, 3.63) is 0 Å². The molecule has 0 aliphatic rings. The lowest BCUT2D eigenvalue weighted by molar-refractivity contribution is 0.179. The van der Waals surface area contributed by atoms with Gasteiger partial charge in [0.2, 0.25) is 0 Å². The normalized spacial score (nSPS) is 16.0. The van der Waals surface area contributed by atoms with Crippen LogP contribution in [0.3, 0.4) is 0 Å². The smallest absolute Gasteiger partial charge is 0.0218 e. The molecular weight excluding hydrogens is 186 g/mol. The third-order valence-electron chi connectivity index (χ3n) is 3.21. The molecular formula is C12H29N3. The summed E-state index contributed by atoms with van der Waals surface area (Å²) >= 11 is 0. The molecule has 0 amide bonds. The zero-order valence-corrected chi connectivity index (χ0v) is 11.4. The van der Waals surface area contributed by atoms with E-state index in [-0.39, 0.29) is 0 Å². The second-order valence-electron chi connectivity index (χ2n) is 4.60. The second kappa shape index (κ2) is 8.08. The maximum atomic E-state index is 3.33. The highest BCUT2D eigenvalue weighted by Crippen LogP contribution is 2.04. The van der Waals surface area contributed by atoms with Crippen molar-refractivity contribution in [1.29, 1.82) is 0 Å². The van der Waals surface area contributed by atoms with E-state index < -0.39 is 0 Å². The molecule has 0 rings (SSSR count). The number of likely N-dealkylation sites (N-methyl/N-ethyl adjacent to an activating group) is 2. The minimum Gasteiger partial charge on any atom is -0.316 e. The van der Waals surface area contributed by atoms with Crippen LogP contribution in [0.25, 0.3) is 0 Å². The van der Waals surface area contributed by atoms with Gasteiger partial charge in [0.15, 0.2) is 0 Å². The van der Waals surface area contributed by atoms with Crippen molar-refractivity contribution in [2.75, 3.05) is 40.8 Å². The summed E-state index contributed by atoms with van der Waals surface area (Å²) < 4.78 is 0. The van der Waals surface area contributed by atoms with E-state index in [2.05, 4.69) is 50.0 Å². The van der Waals surface area contributed by atoms with Crippen LogP contribution in [0.4, 0.5) is 0 Å². The van der Waals surface area contributed by atoms with Crippen LogP contribution in [-0.2, 0) is 0 Å². The Kier molecular flexibility index (Phi) is 8.02. The molecule has 0 bridgehead atoms. The van der Waals surface area contributed by atoms with Gasteiger partial charge in [-0.15, -0.1) is 0 Å². The van der Waals surface area contributed by atoms with Crippen LogP contribution in [-0.4, -0.2) is 62.7 Å². The van der Waals surface area contributed by atoms with Gasteiger partial charge in [-0.05, 0) is 61.0 Å². The molecule has 2 unspecified atom stereocenters. The van der Waals surface area contributed by atoms with Crippen molar-refractivity contribution in [1.82, 2.24) is 15.1 Å². The maximum Gasteiger partial charge on any atom is 0.0218 e. The molecule has 92 valence electrons. The van der Waals surface area contributed by atoms with Crippen LogP contribution >= 0.6 is 0 Å². The predicted molar refractivity (Wildman–Crippen MR) is 68.4 cm³/mol. The third kappa shape index (κ3) is 6.13. The van der Waals surface area contributed by atoms with Gasteiger partial charge in [0.05, 0.1) is 0 Å². The molecule has 3 nitrogen and oxygen atoms in total. The summed E-state index contributed by atoms with van der Waals surface area (Å²) in [7, 11) is 6.31. The molecule has 0 aromatic heterocycles. The summed E-state index contributed by atoms with van der Waals surface area (Å²) in [5, 5.41) is 3.33. The Morgan fingerprint density at radius 1 is 1.13 bits per heavy atom. The molecule has 0 heterocycles. The van der Waals surface area contributed by atoms with Gasteiger partial charge in [-0.3, -0.25) is 4.90 Å². The molecule has 0 spiro atoms. The average molecular weight is 215 g/mol. The average Bonchev–Trinajstić information content (AvgIpc) is 2.22. The van der Waals surface area contributed by atoms with Crippen molar-refractivity contribution in [3.8, 4) is 0 Å². The second-order valence-corrected chi connectivity index (χ2v) is 4.60. The third-order valence-corrected chi connectivity index (χ3v) is 3.21. The maximum absolute atomic E-state index is 3.33. The van der Waals surface area contributed by atoms with Gasteiger partial charge >= 0.3 is 0 Å². The van der Waals surface area contributed by atoms with Crippen LogP contribution in [0.2, 0.25) is 0 Å². The molecule has 1 N–H and O–H groups in total. The summed E-state index contributed by atoms with van der Waals surface area (Å²) in [6, 6.07) is 1.17. The summed E-state index contributed by atoms with van der Waals surface area (Å²) in [5.41, 5.74) is 0. The molecule has 0 saturated carbocycles. The Morgan fingerprint density at radius 2 is 1.73 bits per heavy atom. The van der Waals surface area contributed by atoms with Gasteiger partial charge in [-0.25, -0.2) is 0 Å². The first-order valence-corrected chi connectivity index (χ1v) is 6.09. The van der Waals surface area contributed by atoms with Crippen LogP contribution in [0.5, 0.6) is 0 Å². The molecule has 15 heavy (non-hydrogen) atoms. The number of nitrogens with zero attached hydrogens (tertiary/aromatic N) is 2. The molecule has 0 saturated heterocycles. The first-order valence-electron chi connectivity index (χ1n) is 6.09. The van der Waals surface area contributed by atoms with E-state index in [1.165, 1.54) is 19.5 Å². The van der Waals surface area contributed by atoms with Crippen molar-refractivity contribution < 1.29 is 0 Å². The Morgan fingerprint density at radius 3 is 2.13 bits per heavy atom. The van der Waals surface area contributed by atoms with Gasteiger partial charge in [0, 0.05) is 12.1 Å². The lowest BCUT2D eigenvalue weighted by Gasteiger charge is -2.32. The minimum absolute atomic E-state index is 0.560. The fourth-order valence-electron chi connectivity index (χ4n) is 1.80. The summed E-state index contributed by atoms with van der Waals surface area (Å²) in [6.45, 7) is 10.3. The van der Waals surface area contributed by atoms with E-state index in [1.807, 2.05) is 7.05 Å². The molecule has 0 aliphatic heterocycles. The van der Waals surface area contributed by atoms with Crippen LogP contribution in [0, 0.1) is 0 Å². The molecule has 0 fully saturated rings. The number of nitrogens with one attached hydrogen (secondary N) is 1. The van der Waals surface area contributed by atoms with E-state index in [1.54, 1.807) is 0 Å². The topological polar surface area (TPSA) is 18.5 Å². The van der Waals surface area contributed by atoms with Gasteiger partial charge in [0.1, 0.15) is 0 Å². The van der Waals surface area contributed by atoms with E-state index in [4.69, 9.17) is 0 Å². The van der Waals surface area contributed by atoms with Crippen molar-refractivity contribution in [2.45, 2.75) is 39.3 Å². The SMILES string of the molecule is CCN(CCCN(C)C)C(C)C(C)NC. The molecule has 0 aromatic rings. The number of hydrogen-bond donors (Lipinski definition) is 1. The molecule has 3 heteroatoms. The van der Waals surface area contributed by atoms with Crippen molar-refractivity contribution in [3.63, 3.8) is 0 Å². The quantitative estimate of drug-likeness (QED) is 0.657. The highest BCUT2D eigenvalue weighted by Gasteiger charge is 2.16. The van der Waals surface area contributed by atoms with Gasteiger partial charge in [-0.1, -0.05) is 6.92 Å². The fraction of sp³-hybridized carbons (Fsp3) is 1.00. The summed E-state index contributed by atoms with van der Waals surface area (Å²) in [6.07, 6.45) is 1.25. The summed E-state index contributed by atoms with van der Waals surface area (Å²) in [4.78, 5) is 4.80. The molecule has 2 atom stereocenters. The minimum atomic E-state index is 0.560. The van der Waals surface area contributed by atoms with Gasteiger partial charge in [0.25, 0.3) is 0 Å². The van der Waals surface area contributed by atoms with E-state index in [0.717, 1.165) is 6.54 Å². The first-order chi connectivity index (χ1) is 7.02. The van der Waals surface area contributed by atoms with Crippen molar-refractivity contribution in [2.24, 2.45) is 0 Å². The Hall–Kier alpha value is -0.120. The number of rotatable bonds is 8. The number of hydrogen-bond acceptors (Lipinski definition) is 3. The van der Waals surface area contributed by atoms with Gasteiger partial charge in [-0.2, -0.15) is 0 Å². The Labute approximate surface area is 95.8 Å². The Bertz CT molecular complexity index is 148. The first kappa shape index (κ1) is 14.9. The monoisotopic (exact) mass is 215 g/mol. The highest BCUT2D eigenvalue weighted by atomic mass is 15.2. The van der Waals surface area contributed by atoms with Crippen molar-refractivity contribution >= 4 is 0 Å². The van der Waals surface area contributed by atoms with Crippen LogP contribution in [0.1, 0.15) is 27.2 Å². The van der Waals surface area contributed by atoms with E-state index in [9.17, 15) is 0 Å². The standard InChI is InChI=1S/C12H29N3/c1-7-15(10-8-9-14(5)6)12(3)11(2)13-4/h11-13H,7-10H2,1-6H3. The molecule has 0 aliphatic carbocycles. The van der Waals surface area contributed by atoms with Crippen LogP contribution < -0.4 is 5.32 Å². The highest BCUT2D eigenvalue weighted by molar-refractivity contribution is 4.76. The molecule has 0 radical (unpaired) electrons. The Balaban J connectivity index is 3.90. The zero-order valence-electron chi connectivity index (χ0n) is 11.4. The fourth-order valence-corrected chi connectivity index (χ4v) is 1.80. The largest absolute Gasteiger partial charge is 0.316 e. The predicted octanol–water partition coefficient (Wildman–Crippen LogP) is 1.26. The van der Waals surface area contributed by atoms with Crippen LogP contribution in [0.15, 0.2) is 0 Å². The lowest BCUT2D eigenvalue weighted by Crippen LogP contribution is -2.46. The van der Waals surface area contributed by atoms with E-state index >= 15 is 0 Å². The summed E-state index contributed by atoms with van der Waals surface area (Å²) in [5.74, 6) is 0. The van der Waals surface area contributed by atoms with Gasteiger partial charge < -0.3 is 10.2 Å². The molecule has 0 aromatic carbocycles. The lowest BCUT2D eigenvalue weighted by atomic mass is 10.1. The van der Waals surface area contributed by atoms with E-state index in [0.29, 0.717) is 12.1 Å².